The normalized spacial score (nSPS) is 36.7. The van der Waals surface area contributed by atoms with Gasteiger partial charge in [-0.15, -0.1) is 166 Å². The van der Waals surface area contributed by atoms with Gasteiger partial charge in [0, 0.05) is 377 Å². The van der Waals surface area contributed by atoms with Gasteiger partial charge in [-0.3, -0.25) is 0 Å². The Kier molecular flexibility index (Phi) is 110. The van der Waals surface area contributed by atoms with E-state index in [4.69, 9.17) is 288 Å². The van der Waals surface area contributed by atoms with E-state index < -0.39 is 109 Å². The van der Waals surface area contributed by atoms with Crippen LogP contribution >= 0.6 is 418 Å². The number of rotatable bonds is 10. The van der Waals surface area contributed by atoms with Crippen LogP contribution in [0.4, 0.5) is 0 Å². The molecule has 0 aromatic carbocycles. The van der Waals surface area contributed by atoms with Crippen LogP contribution in [0, 0.1) is 0 Å². The van der Waals surface area contributed by atoms with E-state index in [1.807, 2.05) is 5.67 Å². The molecule has 0 amide bonds. The molecule has 8 rings (SSSR count). The van der Waals surface area contributed by atoms with Crippen LogP contribution in [0.5, 0.6) is 0 Å². The average molecular weight is 3170 g/mol. The topological polar surface area (TPSA) is 0 Å². The maximum Gasteiger partial charge on any atom is 0.340 e. The zero-order valence-electron chi connectivity index (χ0n) is 65.7. The van der Waals surface area contributed by atoms with Gasteiger partial charge in [0.2, 0.25) is 30.7 Å². The summed E-state index contributed by atoms with van der Waals surface area (Å²) in [6, 6.07) is 2.70. The van der Waals surface area contributed by atoms with Crippen molar-refractivity contribution in [3.05, 3.63) is 0 Å². The molecule has 0 radical (unpaired) electrons. The fourth-order valence-corrected chi connectivity index (χ4v) is 927. The molecule has 0 saturated carbocycles. The molecule has 0 spiro atoms. The molecule has 8 saturated heterocycles. The summed E-state index contributed by atoms with van der Waals surface area (Å²) >= 11 is 161. The van der Waals surface area contributed by atoms with Crippen LogP contribution in [0.15, 0.2) is 0 Å². The third-order valence-corrected chi connectivity index (χ3v) is 729. The first-order chi connectivity index (χ1) is 49.9. The third kappa shape index (κ3) is 48.3. The molecule has 16 unspecified atom stereocenters. The van der Waals surface area contributed by atoms with Gasteiger partial charge in [0.25, 0.3) is 11.5 Å². The molecule has 0 aromatic heterocycles. The molecule has 16 atom stereocenters. The monoisotopic (exact) mass is 3140 g/mol. The second kappa shape index (κ2) is 78.0. The van der Waals surface area contributed by atoms with Crippen LogP contribution in [0.1, 0.15) is 52.0 Å². The summed E-state index contributed by atoms with van der Waals surface area (Å²) in [5.41, 5.74) is -13.9. The van der Waals surface area contributed by atoms with Gasteiger partial charge in [-0.05, 0) is 55.7 Å². The molecule has 0 N–H and O–H groups in total. The molecule has 0 bridgehead atoms. The zero-order valence-corrected chi connectivity index (χ0v) is 154. The summed E-state index contributed by atoms with van der Waals surface area (Å²) in [7, 11) is 64.5. The maximum absolute atomic E-state index is 6.67. The average Bonchev–Trinajstić information content (AvgIpc) is 1.06. The Hall–Kier alpha value is 20.8. The van der Waals surface area contributed by atoms with E-state index in [2.05, 4.69) is 209 Å². The summed E-state index contributed by atoms with van der Waals surface area (Å²) in [4.78, 5) is 3.13. The maximum atomic E-state index is 6.67. The Labute approximate surface area is 973 Å². The Morgan fingerprint density at radius 3 is 0.940 bits per heavy atom. The highest BCUT2D eigenvalue weighted by Crippen LogP contribution is 2.62. The van der Waals surface area contributed by atoms with Crippen molar-refractivity contribution in [3.8, 4) is 0 Å². The molecule has 728 valence electrons. The smallest absolute Gasteiger partial charge is 0.171 e. The summed E-state index contributed by atoms with van der Waals surface area (Å²) in [5.74, 6) is -2.30. The van der Waals surface area contributed by atoms with Crippen LogP contribution in [-0.2, 0) is 0 Å². The van der Waals surface area contributed by atoms with E-state index in [0.717, 1.165) is 26.1 Å². The van der Waals surface area contributed by atoms with E-state index in [9.17, 15) is 0 Å². The zero-order chi connectivity index (χ0) is 89.4. The predicted octanol–water partition coefficient (Wildman–Crippen LogP) is 11.2. The first-order valence-electron chi connectivity index (χ1n) is 36.7. The Bertz CT molecular complexity index is 2330. The number of hydrogen-bond acceptors (Lipinski definition) is 0. The molecule has 8 heterocycles. The van der Waals surface area contributed by atoms with Crippen molar-refractivity contribution in [1.29, 1.82) is 0 Å². The van der Waals surface area contributed by atoms with Gasteiger partial charge in [-0.2, -0.15) is 122 Å². The van der Waals surface area contributed by atoms with E-state index in [0.29, 0.717) is 106 Å². The highest BCUT2D eigenvalue weighted by molar-refractivity contribution is 8.28. The Morgan fingerprint density at radius 2 is 0.701 bits per heavy atom. The lowest BCUT2D eigenvalue weighted by atomic mass is 10.9. The van der Waals surface area contributed by atoms with Crippen molar-refractivity contribution in [2.45, 2.75) is 213 Å². The molecule has 8 aliphatic rings. The van der Waals surface area contributed by atoms with Crippen molar-refractivity contribution in [2.24, 2.45) is 0 Å². The fraction of sp³-hybridized carbons (Fsp3) is 1.00. The summed E-state index contributed by atoms with van der Waals surface area (Å²) in [6.07, 6.45) is -7.81. The van der Waals surface area contributed by atoms with Crippen molar-refractivity contribution in [2.75, 3.05) is 0 Å². The molecule has 0 aromatic rings. The lowest BCUT2D eigenvalue weighted by molar-refractivity contribution is 1.12. The Balaban J connectivity index is -0.0000000936. The van der Waals surface area contributed by atoms with Crippen molar-refractivity contribution < 1.29 is 0 Å². The first-order valence-corrected chi connectivity index (χ1v) is 196. The van der Waals surface area contributed by atoms with Gasteiger partial charge in [-0.1, -0.05) is 195 Å². The number of halogens is 38. The van der Waals surface area contributed by atoms with Crippen LogP contribution in [0.3, 0.4) is 0 Å². The van der Waals surface area contributed by atoms with Gasteiger partial charge < -0.3 is 0 Å². The SMILES string of the molecule is C.C.C.C.C.C.C.C[SiH2][Si]1(C)C([SiH3])C([SiH3])[Si]1(C)[SiH2]C.C[SiH2][Si]1(C)[SiH2]C[SiH2]C([SiH3])[SiH2][SiH]1C.C[SiH2][Si]1([SiH2]C)C([SiH3])C([SiH3])[SiH]1C.C[SiH]1[SiH2][SiH2][SiH2]C([SiH3])[SiH2][SiH]1C.ClCl.ClCl.ClCl.ClCl.ClCl.ClCl.Cl[Si](Cl)(Cl)[Si]1(Cl)CC[Si]1(Cl)[Si](Cl)(Cl)Cl.Cl[Si](Cl)(Cl)[Si]1(Cl)[SiH2]C[SiH2]C[SiH2][Si]1(Cl)Cl.Cl[Si](Cl)(Cl)[Si]1([Si](Cl)(Cl)Cl)CC[Si]1(Cl)Cl.Cl[Si]1(Cl)[SiH2]C[SiH2]C[SiH2][Si]1(Cl)Cl. The second-order valence-corrected chi connectivity index (χ2v) is 429. The van der Waals surface area contributed by atoms with Gasteiger partial charge >= 0.3 is 27.6 Å². The van der Waals surface area contributed by atoms with Gasteiger partial charge in [0.15, 0.2) is 6.63 Å². The minimum absolute atomic E-state index is 0. The quantitative estimate of drug-likeness (QED) is 0.151. The highest BCUT2D eigenvalue weighted by atomic mass is 36.5. The van der Waals surface area contributed by atoms with Crippen LogP contribution in [0.2, 0.25) is 161 Å². The van der Waals surface area contributed by atoms with Crippen molar-refractivity contribution in [3.63, 3.8) is 0 Å². The lowest BCUT2D eigenvalue weighted by Crippen LogP contribution is -2.83. The fourth-order valence-electron chi connectivity index (χ4n) is 17.1. The summed E-state index contributed by atoms with van der Waals surface area (Å²) in [6.45, 7) is 29.8. The van der Waals surface area contributed by atoms with E-state index in [1.54, 1.807) is 66.2 Å². The molecule has 83 heteroatoms. The van der Waals surface area contributed by atoms with Crippen LogP contribution in [-0.4, -0.2) is 360 Å². The summed E-state index contributed by atoms with van der Waals surface area (Å²) in [5, 5.41) is 5.72. The lowest BCUT2D eigenvalue weighted by Gasteiger charge is -2.64. The predicted molar refractivity (Wildman–Crippen MR) is 746 cm³/mol. The molecule has 8 aliphatic heterocycles. The van der Waals surface area contributed by atoms with Gasteiger partial charge in [0.05, 0.1) is 0 Å². The number of hydrogen-bond donors (Lipinski definition) is 0. The molecular weight excluding hydrogens is 3020 g/mol. The third-order valence-electron chi connectivity index (χ3n) is 26.8. The minimum atomic E-state index is -3.08. The van der Waals surface area contributed by atoms with Crippen molar-refractivity contribution >= 4 is 779 Å². The van der Waals surface area contributed by atoms with Crippen LogP contribution in [0.25, 0.3) is 0 Å². The van der Waals surface area contributed by atoms with Crippen molar-refractivity contribution in [1.82, 2.24) is 0 Å². The molecule has 8 fully saturated rings. The van der Waals surface area contributed by atoms with Gasteiger partial charge in [-0.25, -0.2) is 0 Å². The summed E-state index contributed by atoms with van der Waals surface area (Å²) < 4.78 is 0. The van der Waals surface area contributed by atoms with E-state index >= 15 is 0 Å². The standard InChI is InChI=1S/C6H24Si6.C5H24Si7.C5H22Si6.C3H20Si7.2C2H4Cl8Si4.C2H10Cl6Si6.C2H10Cl4Si5.7CH4.6Cl2/c1-9-11(3)5(7)6(8)12(11,4)10-2;1-7-12(3)9-4-8-5(6)10-11(12)2;1-8-11(9-2)5(7)4(6)10(11)3;1-9-6-3(4)5-7-8-10(9)2;3-11(13(5,6)7)1-2-12(11,4)14(8,9)10;3-11(4)1-2-12(11,13(5,6)7)14(8,9)10;3-12(4,5)14(8)11-2-9-1-10-13(14,6)7;3-10(4)8-1-7-2-9-11(10,5)6;;;;;;;;6*1-2/h5-6H,9-10H2,1-4,7-8H3;5,11H,4,7-10H2,1-3,6H3;4-5,10H,8-9H2,1-3,6-7H3;3,9-10H,5-8H2,1-2,4H3;2*1-2H2;1-2,9-11H2;1-2,7-9H2;7*1H4;;;;;;. The largest absolute Gasteiger partial charge is 0.340 e. The molecule has 0 aliphatic carbocycles. The van der Waals surface area contributed by atoms with E-state index in [-0.39, 0.29) is 134 Å². The molecule has 117 heavy (non-hydrogen) atoms. The van der Waals surface area contributed by atoms with Crippen LogP contribution < -0.4 is 0 Å². The highest BCUT2D eigenvalue weighted by Gasteiger charge is 2.83. The minimum Gasteiger partial charge on any atom is -0.171 e. The van der Waals surface area contributed by atoms with E-state index in [1.165, 1.54) is 48.1 Å². The van der Waals surface area contributed by atoms with Gasteiger partial charge in [0.1, 0.15) is 0 Å². The molecular formula is C34H146Cl38Si45. The Morgan fingerprint density at radius 1 is 0.368 bits per heavy atom. The second-order valence-electron chi connectivity index (χ2n) is 31.6. The first kappa shape index (κ1) is 166. The molecule has 0 nitrogen and oxygen atoms in total.